The highest BCUT2D eigenvalue weighted by Gasteiger charge is 2.34. The van der Waals surface area contributed by atoms with E-state index in [1.165, 1.54) is 16.4 Å². The van der Waals surface area contributed by atoms with E-state index in [1.54, 1.807) is 18.2 Å². The Labute approximate surface area is 175 Å². The van der Waals surface area contributed by atoms with Crippen molar-refractivity contribution in [3.05, 3.63) is 76.8 Å². The fraction of sp³-hybridized carbons (Fsp3) is 0.364. The van der Waals surface area contributed by atoms with Gasteiger partial charge in [0.15, 0.2) is 0 Å². The largest absolute Gasteiger partial charge is 0.425 e. The summed E-state index contributed by atoms with van der Waals surface area (Å²) in [6, 6.07) is 11.6. The minimum atomic E-state index is -3.59. The molecule has 1 atom stereocenters. The van der Waals surface area contributed by atoms with Crippen LogP contribution in [0.4, 0.5) is 4.39 Å². The second-order valence-electron chi connectivity index (χ2n) is 7.81. The highest BCUT2D eigenvalue weighted by Crippen LogP contribution is 2.31. The highest BCUT2D eigenvalue weighted by molar-refractivity contribution is 7.89. The highest BCUT2D eigenvalue weighted by atomic mass is 32.2. The number of aryl methyl sites for hydroxylation is 2. The number of sulfonamides is 1. The van der Waals surface area contributed by atoms with Gasteiger partial charge in [-0.05, 0) is 61.6 Å². The third-order valence-corrected chi connectivity index (χ3v) is 7.45. The van der Waals surface area contributed by atoms with Crippen LogP contribution in [0.1, 0.15) is 47.2 Å². The molecule has 0 bridgehead atoms. The van der Waals surface area contributed by atoms with E-state index in [1.807, 2.05) is 26.0 Å². The number of benzene rings is 2. The van der Waals surface area contributed by atoms with E-state index in [0.29, 0.717) is 36.2 Å². The van der Waals surface area contributed by atoms with Gasteiger partial charge in [0, 0.05) is 13.1 Å². The lowest BCUT2D eigenvalue weighted by molar-refractivity contribution is 0.281. The first-order valence-electron chi connectivity index (χ1n) is 9.97. The minimum Gasteiger partial charge on any atom is -0.425 e. The summed E-state index contributed by atoms with van der Waals surface area (Å²) in [6.07, 6.45) is 1.92. The molecular weight excluding hydrogens is 405 g/mol. The number of halogens is 1. The Morgan fingerprint density at radius 2 is 1.90 bits per heavy atom. The Morgan fingerprint density at radius 1 is 1.13 bits per heavy atom. The minimum absolute atomic E-state index is 0.145. The summed E-state index contributed by atoms with van der Waals surface area (Å²) >= 11 is 0. The van der Waals surface area contributed by atoms with Gasteiger partial charge in [-0.2, -0.15) is 4.31 Å². The molecule has 1 aromatic heterocycles. The van der Waals surface area contributed by atoms with Gasteiger partial charge in [0.05, 0.1) is 17.2 Å². The third-order valence-electron chi connectivity index (χ3n) is 5.45. The van der Waals surface area contributed by atoms with Gasteiger partial charge in [-0.3, -0.25) is 0 Å². The van der Waals surface area contributed by atoms with Crippen molar-refractivity contribution in [1.29, 1.82) is 0 Å². The molecule has 6 nitrogen and oxygen atoms in total. The van der Waals surface area contributed by atoms with Crippen LogP contribution in [0.2, 0.25) is 0 Å². The Morgan fingerprint density at radius 3 is 2.67 bits per heavy atom. The number of nitrogens with zero attached hydrogens (tertiary/aromatic N) is 3. The molecule has 1 saturated heterocycles. The van der Waals surface area contributed by atoms with Crippen LogP contribution in [-0.2, 0) is 16.4 Å². The summed E-state index contributed by atoms with van der Waals surface area (Å²) in [5, 5.41) is 8.26. The molecule has 3 aromatic rings. The molecule has 0 aliphatic carbocycles. The van der Waals surface area contributed by atoms with E-state index < -0.39 is 10.0 Å². The normalized spacial score (nSPS) is 17.9. The first-order chi connectivity index (χ1) is 14.3. The van der Waals surface area contributed by atoms with Crippen LogP contribution in [0.15, 0.2) is 51.8 Å². The van der Waals surface area contributed by atoms with E-state index in [-0.39, 0.29) is 11.7 Å². The topological polar surface area (TPSA) is 76.3 Å². The summed E-state index contributed by atoms with van der Waals surface area (Å²) in [5.74, 6) is 0.449. The van der Waals surface area contributed by atoms with Crippen LogP contribution in [0.5, 0.6) is 0 Å². The van der Waals surface area contributed by atoms with Gasteiger partial charge in [-0.1, -0.05) is 24.3 Å². The van der Waals surface area contributed by atoms with Crippen molar-refractivity contribution in [1.82, 2.24) is 14.5 Å². The van der Waals surface area contributed by atoms with E-state index in [4.69, 9.17) is 4.42 Å². The lowest BCUT2D eigenvalue weighted by atomic mass is 10.00. The molecule has 0 radical (unpaired) electrons. The number of aromatic nitrogens is 2. The third kappa shape index (κ3) is 4.29. The molecule has 8 heteroatoms. The van der Waals surface area contributed by atoms with Gasteiger partial charge in [0.2, 0.25) is 21.8 Å². The van der Waals surface area contributed by atoms with Gasteiger partial charge in [-0.15, -0.1) is 10.2 Å². The van der Waals surface area contributed by atoms with Gasteiger partial charge in [0.25, 0.3) is 0 Å². The Hall–Kier alpha value is -2.58. The number of hydrogen-bond acceptors (Lipinski definition) is 5. The lowest BCUT2D eigenvalue weighted by Crippen LogP contribution is -2.39. The summed E-state index contributed by atoms with van der Waals surface area (Å²) in [6.45, 7) is 4.49. The molecule has 2 aromatic carbocycles. The van der Waals surface area contributed by atoms with Crippen LogP contribution in [0.3, 0.4) is 0 Å². The SMILES string of the molecule is Cc1ccc(C)c(S(=O)(=O)N2CCCC(c3nnc(Cc4ccc(F)cc4)o3)C2)c1. The molecule has 1 aliphatic rings. The van der Waals surface area contributed by atoms with Crippen molar-refractivity contribution in [2.45, 2.75) is 43.9 Å². The Kier molecular flexibility index (Phi) is 5.71. The van der Waals surface area contributed by atoms with Crippen molar-refractivity contribution in [3.63, 3.8) is 0 Å². The molecule has 30 heavy (non-hydrogen) atoms. The van der Waals surface area contributed by atoms with Crippen molar-refractivity contribution >= 4 is 10.0 Å². The zero-order chi connectivity index (χ0) is 21.3. The zero-order valence-corrected chi connectivity index (χ0v) is 17.8. The molecule has 1 aliphatic heterocycles. The molecule has 0 N–H and O–H groups in total. The maximum Gasteiger partial charge on any atom is 0.243 e. The van der Waals surface area contributed by atoms with E-state index in [9.17, 15) is 12.8 Å². The van der Waals surface area contributed by atoms with Crippen LogP contribution < -0.4 is 0 Å². The molecule has 1 fully saturated rings. The van der Waals surface area contributed by atoms with Crippen molar-refractivity contribution < 1.29 is 17.2 Å². The second kappa shape index (κ2) is 8.28. The van der Waals surface area contributed by atoms with Crippen LogP contribution in [0.25, 0.3) is 0 Å². The molecule has 2 heterocycles. The standard InChI is InChI=1S/C22H24FN3O3S/c1-15-5-6-16(2)20(12-15)30(27,28)26-11-3-4-18(14-26)22-25-24-21(29-22)13-17-7-9-19(23)10-8-17/h5-10,12,18H,3-4,11,13-14H2,1-2H3. The number of hydrogen-bond donors (Lipinski definition) is 0. The Balaban J connectivity index is 1.51. The smallest absolute Gasteiger partial charge is 0.243 e. The predicted molar refractivity (Wildman–Crippen MR) is 110 cm³/mol. The molecule has 4 rings (SSSR count). The summed E-state index contributed by atoms with van der Waals surface area (Å²) < 4.78 is 46.9. The van der Waals surface area contributed by atoms with Gasteiger partial charge >= 0.3 is 0 Å². The summed E-state index contributed by atoms with van der Waals surface area (Å²) in [7, 11) is -3.59. The van der Waals surface area contributed by atoms with E-state index in [2.05, 4.69) is 10.2 Å². The molecule has 0 amide bonds. The monoisotopic (exact) mass is 429 g/mol. The summed E-state index contributed by atoms with van der Waals surface area (Å²) in [4.78, 5) is 0.352. The maximum absolute atomic E-state index is 13.2. The lowest BCUT2D eigenvalue weighted by Gasteiger charge is -2.30. The molecular formula is C22H24FN3O3S. The fourth-order valence-corrected chi connectivity index (χ4v) is 5.60. The quantitative estimate of drug-likeness (QED) is 0.613. The van der Waals surface area contributed by atoms with E-state index >= 15 is 0 Å². The predicted octanol–water partition coefficient (Wildman–Crippen LogP) is 3.98. The van der Waals surface area contributed by atoms with Crippen LogP contribution in [-0.4, -0.2) is 36.0 Å². The maximum atomic E-state index is 13.2. The molecule has 158 valence electrons. The first-order valence-corrected chi connectivity index (χ1v) is 11.4. The first kappa shape index (κ1) is 20.7. The van der Waals surface area contributed by atoms with Crippen LogP contribution in [0, 0.1) is 19.7 Å². The molecule has 1 unspecified atom stereocenters. The second-order valence-corrected chi connectivity index (χ2v) is 9.71. The van der Waals surface area contributed by atoms with Crippen LogP contribution >= 0.6 is 0 Å². The van der Waals surface area contributed by atoms with Gasteiger partial charge < -0.3 is 4.42 Å². The fourth-order valence-electron chi connectivity index (χ4n) is 3.77. The summed E-state index contributed by atoms with van der Waals surface area (Å²) in [5.41, 5.74) is 2.52. The Bertz CT molecular complexity index is 1140. The van der Waals surface area contributed by atoms with Crippen molar-refractivity contribution in [2.24, 2.45) is 0 Å². The van der Waals surface area contributed by atoms with Gasteiger partial charge in [-0.25, -0.2) is 12.8 Å². The average Bonchev–Trinajstić information content (AvgIpc) is 3.20. The molecule has 0 spiro atoms. The van der Waals surface area contributed by atoms with E-state index in [0.717, 1.165) is 29.5 Å². The van der Waals surface area contributed by atoms with Crippen molar-refractivity contribution in [3.8, 4) is 0 Å². The number of piperidine rings is 1. The average molecular weight is 430 g/mol. The zero-order valence-electron chi connectivity index (χ0n) is 17.0. The molecule has 0 saturated carbocycles. The number of rotatable bonds is 5. The van der Waals surface area contributed by atoms with Crippen molar-refractivity contribution in [2.75, 3.05) is 13.1 Å². The van der Waals surface area contributed by atoms with Gasteiger partial charge in [0.1, 0.15) is 5.82 Å².